The van der Waals surface area contributed by atoms with Crippen molar-refractivity contribution in [2.75, 3.05) is 44.3 Å². The molecule has 2 fully saturated rings. The number of carbonyl (C=O) groups is 1. The molecule has 1 aromatic heterocycles. The molecule has 156 valence electrons. The van der Waals surface area contributed by atoms with Crippen LogP contribution in [-0.2, 0) is 15.7 Å². The van der Waals surface area contributed by atoms with Gasteiger partial charge in [0.25, 0.3) is 0 Å². The number of alkyl halides is 3. The van der Waals surface area contributed by atoms with Crippen molar-refractivity contribution in [3.8, 4) is 0 Å². The molecule has 2 saturated heterocycles. The van der Waals surface area contributed by atoms with Gasteiger partial charge in [-0.15, -0.1) is 0 Å². The van der Waals surface area contributed by atoms with Gasteiger partial charge >= 0.3 is 6.18 Å². The first-order valence-electron chi connectivity index (χ1n) is 9.98. The number of benzene rings is 1. The van der Waals surface area contributed by atoms with Gasteiger partial charge in [-0.2, -0.15) is 13.2 Å². The fourth-order valence-corrected chi connectivity index (χ4v) is 4.15. The molecule has 0 aliphatic carbocycles. The molecule has 0 N–H and O–H groups in total. The SMILES string of the molecule is O=C(CC1CCN(c2ccnc3cc(C(F)(F)F)ccc23)CC1)N1CCOCC1. The molecule has 8 heteroatoms. The van der Waals surface area contributed by atoms with E-state index in [1.807, 2.05) is 11.0 Å². The van der Waals surface area contributed by atoms with Gasteiger partial charge in [0.1, 0.15) is 0 Å². The van der Waals surface area contributed by atoms with E-state index in [4.69, 9.17) is 4.74 Å². The van der Waals surface area contributed by atoms with Crippen LogP contribution in [0.4, 0.5) is 18.9 Å². The molecule has 0 bridgehead atoms. The Balaban J connectivity index is 1.42. The molecule has 2 aliphatic heterocycles. The lowest BCUT2D eigenvalue weighted by molar-refractivity contribution is -0.137. The van der Waals surface area contributed by atoms with Crippen LogP contribution in [0, 0.1) is 5.92 Å². The molecule has 5 nitrogen and oxygen atoms in total. The van der Waals surface area contributed by atoms with Crippen molar-refractivity contribution in [2.45, 2.75) is 25.4 Å². The van der Waals surface area contributed by atoms with E-state index in [-0.39, 0.29) is 5.91 Å². The average Bonchev–Trinajstić information content (AvgIpc) is 2.73. The first-order chi connectivity index (χ1) is 13.9. The monoisotopic (exact) mass is 407 g/mol. The number of morpholine rings is 1. The van der Waals surface area contributed by atoms with Crippen LogP contribution < -0.4 is 4.90 Å². The Labute approximate surface area is 167 Å². The zero-order chi connectivity index (χ0) is 20.4. The standard InChI is InChI=1S/C21H24F3N3O2/c22-21(23,24)16-1-2-17-18(14-16)25-6-3-19(17)26-7-4-15(5-8-26)13-20(28)27-9-11-29-12-10-27/h1-3,6,14-15H,4-5,7-13H2. The van der Waals surface area contributed by atoms with Gasteiger partial charge in [0.2, 0.25) is 5.91 Å². The third-order valence-electron chi connectivity index (χ3n) is 5.83. The predicted molar refractivity (Wildman–Crippen MR) is 104 cm³/mol. The smallest absolute Gasteiger partial charge is 0.378 e. The topological polar surface area (TPSA) is 45.7 Å². The Morgan fingerprint density at radius 3 is 2.52 bits per heavy atom. The molecule has 0 saturated carbocycles. The number of anilines is 1. The lowest BCUT2D eigenvalue weighted by Crippen LogP contribution is -2.42. The number of piperidine rings is 1. The van der Waals surface area contributed by atoms with Gasteiger partial charge in [-0.05, 0) is 37.0 Å². The van der Waals surface area contributed by atoms with E-state index in [1.165, 1.54) is 6.07 Å². The molecule has 0 radical (unpaired) electrons. The number of hydrogen-bond acceptors (Lipinski definition) is 4. The molecule has 0 spiro atoms. The largest absolute Gasteiger partial charge is 0.416 e. The van der Waals surface area contributed by atoms with Crippen molar-refractivity contribution in [1.29, 1.82) is 0 Å². The fraction of sp³-hybridized carbons (Fsp3) is 0.524. The van der Waals surface area contributed by atoms with Crippen LogP contribution in [-0.4, -0.2) is 55.2 Å². The Morgan fingerprint density at radius 2 is 1.83 bits per heavy atom. The van der Waals surface area contributed by atoms with E-state index in [2.05, 4.69) is 9.88 Å². The molecular formula is C21H24F3N3O2. The number of fused-ring (bicyclic) bond motifs is 1. The van der Waals surface area contributed by atoms with Crippen LogP contribution >= 0.6 is 0 Å². The summed E-state index contributed by atoms with van der Waals surface area (Å²) in [7, 11) is 0. The molecular weight excluding hydrogens is 383 g/mol. The molecule has 1 aromatic carbocycles. The number of aromatic nitrogens is 1. The fourth-order valence-electron chi connectivity index (χ4n) is 4.15. The Morgan fingerprint density at radius 1 is 1.10 bits per heavy atom. The lowest BCUT2D eigenvalue weighted by atomic mass is 9.92. The number of nitrogens with zero attached hydrogens (tertiary/aromatic N) is 3. The van der Waals surface area contributed by atoms with Crippen molar-refractivity contribution >= 4 is 22.5 Å². The summed E-state index contributed by atoms with van der Waals surface area (Å²) in [5, 5.41) is 0.725. The molecule has 2 aromatic rings. The number of carbonyl (C=O) groups excluding carboxylic acids is 1. The third kappa shape index (κ3) is 4.47. The second-order valence-corrected chi connectivity index (χ2v) is 7.69. The molecule has 29 heavy (non-hydrogen) atoms. The van der Waals surface area contributed by atoms with Gasteiger partial charge in [0.05, 0.1) is 24.3 Å². The van der Waals surface area contributed by atoms with Gasteiger partial charge in [-0.1, -0.05) is 6.07 Å². The molecule has 1 amide bonds. The van der Waals surface area contributed by atoms with Gasteiger partial charge in [-0.3, -0.25) is 9.78 Å². The zero-order valence-electron chi connectivity index (χ0n) is 16.1. The van der Waals surface area contributed by atoms with Crippen molar-refractivity contribution in [3.05, 3.63) is 36.0 Å². The van der Waals surface area contributed by atoms with E-state index in [0.29, 0.717) is 44.2 Å². The number of hydrogen-bond donors (Lipinski definition) is 0. The van der Waals surface area contributed by atoms with Gasteiger partial charge in [0, 0.05) is 49.9 Å². The van der Waals surface area contributed by atoms with Crippen LogP contribution in [0.15, 0.2) is 30.5 Å². The highest BCUT2D eigenvalue weighted by molar-refractivity contribution is 5.92. The summed E-state index contributed by atoms with van der Waals surface area (Å²) in [6, 6.07) is 5.58. The highest BCUT2D eigenvalue weighted by Gasteiger charge is 2.31. The van der Waals surface area contributed by atoms with Crippen LogP contribution in [0.1, 0.15) is 24.8 Å². The van der Waals surface area contributed by atoms with Crippen LogP contribution in [0.25, 0.3) is 10.9 Å². The average molecular weight is 407 g/mol. The lowest BCUT2D eigenvalue weighted by Gasteiger charge is -2.35. The number of ether oxygens (including phenoxy) is 1. The summed E-state index contributed by atoms with van der Waals surface area (Å²) in [6.45, 7) is 4.11. The first kappa shape index (κ1) is 19.9. The molecule has 4 rings (SSSR count). The normalized spacial score (nSPS) is 19.0. The van der Waals surface area contributed by atoms with E-state index < -0.39 is 11.7 Å². The Hall–Kier alpha value is -2.35. The minimum absolute atomic E-state index is 0.195. The van der Waals surface area contributed by atoms with Crippen molar-refractivity contribution < 1.29 is 22.7 Å². The summed E-state index contributed by atoms with van der Waals surface area (Å²) >= 11 is 0. The minimum Gasteiger partial charge on any atom is -0.378 e. The Bertz CT molecular complexity index is 873. The first-order valence-corrected chi connectivity index (χ1v) is 9.98. The second-order valence-electron chi connectivity index (χ2n) is 7.69. The number of pyridine rings is 1. The maximum Gasteiger partial charge on any atom is 0.416 e. The highest BCUT2D eigenvalue weighted by Crippen LogP contribution is 2.35. The van der Waals surface area contributed by atoms with Crippen LogP contribution in [0.2, 0.25) is 0 Å². The van der Waals surface area contributed by atoms with E-state index in [9.17, 15) is 18.0 Å². The number of halogens is 3. The maximum atomic E-state index is 13.0. The minimum atomic E-state index is -4.38. The summed E-state index contributed by atoms with van der Waals surface area (Å²) in [4.78, 5) is 20.7. The van der Waals surface area contributed by atoms with Gasteiger partial charge in [-0.25, -0.2) is 0 Å². The van der Waals surface area contributed by atoms with Crippen molar-refractivity contribution in [3.63, 3.8) is 0 Å². The number of amides is 1. The molecule has 3 heterocycles. The maximum absolute atomic E-state index is 13.0. The van der Waals surface area contributed by atoms with Gasteiger partial charge < -0.3 is 14.5 Å². The highest BCUT2D eigenvalue weighted by atomic mass is 19.4. The second kappa shape index (κ2) is 8.18. The van der Waals surface area contributed by atoms with Gasteiger partial charge in [0.15, 0.2) is 0 Å². The molecule has 0 unspecified atom stereocenters. The van der Waals surface area contributed by atoms with Crippen LogP contribution in [0.5, 0.6) is 0 Å². The zero-order valence-corrected chi connectivity index (χ0v) is 16.1. The van der Waals surface area contributed by atoms with E-state index in [0.717, 1.165) is 49.1 Å². The summed E-state index contributed by atoms with van der Waals surface area (Å²) in [5.74, 6) is 0.535. The van der Waals surface area contributed by atoms with Crippen LogP contribution in [0.3, 0.4) is 0 Å². The van der Waals surface area contributed by atoms with Crippen molar-refractivity contribution in [1.82, 2.24) is 9.88 Å². The predicted octanol–water partition coefficient (Wildman–Crippen LogP) is 3.72. The molecule has 0 atom stereocenters. The quantitative estimate of drug-likeness (QED) is 0.778. The Kier molecular flexibility index (Phi) is 5.63. The van der Waals surface area contributed by atoms with Crippen molar-refractivity contribution in [2.24, 2.45) is 5.92 Å². The summed E-state index contributed by atoms with van der Waals surface area (Å²) in [6.07, 6.45) is -0.482. The third-order valence-corrected chi connectivity index (χ3v) is 5.83. The number of rotatable bonds is 3. The molecule has 2 aliphatic rings. The summed E-state index contributed by atoms with van der Waals surface area (Å²) < 4.78 is 44.2. The van der Waals surface area contributed by atoms with E-state index >= 15 is 0 Å². The summed E-state index contributed by atoms with van der Waals surface area (Å²) in [5.41, 5.74) is 0.568. The van der Waals surface area contributed by atoms with E-state index in [1.54, 1.807) is 6.20 Å².